The quantitative estimate of drug-likeness (QED) is 0.502. The summed E-state index contributed by atoms with van der Waals surface area (Å²) in [4.78, 5) is 10.6. The molecule has 0 heterocycles. The molecule has 0 saturated carbocycles. The molecule has 158 valence electrons. The summed E-state index contributed by atoms with van der Waals surface area (Å²) >= 11 is 0. The second-order valence-corrected chi connectivity index (χ2v) is 8.74. The SMILES string of the molecule is CCCCS(=O)(=O)Oc1ccc(CCCc2ccc(CCC(=O)O)cc2O)cc1. The Morgan fingerprint density at radius 2 is 1.66 bits per heavy atom. The highest BCUT2D eigenvalue weighted by molar-refractivity contribution is 7.87. The zero-order chi connectivity index (χ0) is 21.3. The second-order valence-electron chi connectivity index (χ2n) is 7.05. The fraction of sp³-hybridized carbons (Fsp3) is 0.409. The molecule has 2 aromatic carbocycles. The van der Waals surface area contributed by atoms with E-state index in [1.165, 1.54) is 0 Å². The van der Waals surface area contributed by atoms with Crippen LogP contribution in [-0.2, 0) is 34.2 Å². The van der Waals surface area contributed by atoms with Crippen LogP contribution in [0.3, 0.4) is 0 Å². The van der Waals surface area contributed by atoms with Crippen LogP contribution in [0.1, 0.15) is 49.3 Å². The third-order valence-corrected chi connectivity index (χ3v) is 5.82. The van der Waals surface area contributed by atoms with Gasteiger partial charge in [-0.1, -0.05) is 37.6 Å². The number of carboxylic acids is 1. The molecule has 0 fully saturated rings. The number of aromatic hydroxyl groups is 1. The highest BCUT2D eigenvalue weighted by Crippen LogP contribution is 2.22. The van der Waals surface area contributed by atoms with E-state index >= 15 is 0 Å². The molecule has 2 N–H and O–H groups in total. The lowest BCUT2D eigenvalue weighted by molar-refractivity contribution is -0.136. The number of phenols is 1. The van der Waals surface area contributed by atoms with E-state index in [2.05, 4.69) is 0 Å². The first-order chi connectivity index (χ1) is 13.8. The summed E-state index contributed by atoms with van der Waals surface area (Å²) in [5, 5.41) is 18.9. The van der Waals surface area contributed by atoms with Crippen molar-refractivity contribution in [3.05, 3.63) is 59.2 Å². The average molecular weight is 421 g/mol. The Bertz CT molecular complexity index is 903. The van der Waals surface area contributed by atoms with E-state index in [1.54, 1.807) is 18.2 Å². The number of unbranched alkanes of at least 4 members (excludes halogenated alkanes) is 1. The number of phenolic OH excluding ortho intramolecular Hbond substituents is 1. The number of aryl methyl sites for hydroxylation is 3. The number of hydrogen-bond donors (Lipinski definition) is 2. The average Bonchev–Trinajstić information content (AvgIpc) is 2.67. The smallest absolute Gasteiger partial charge is 0.309 e. The van der Waals surface area contributed by atoms with Crippen LogP contribution in [0.4, 0.5) is 0 Å². The van der Waals surface area contributed by atoms with Gasteiger partial charge in [-0.15, -0.1) is 0 Å². The van der Waals surface area contributed by atoms with E-state index in [1.807, 2.05) is 31.2 Å². The third-order valence-electron chi connectivity index (χ3n) is 4.58. The van der Waals surface area contributed by atoms with Crippen LogP contribution in [0, 0.1) is 0 Å². The fourth-order valence-electron chi connectivity index (χ4n) is 2.93. The minimum atomic E-state index is -3.54. The summed E-state index contributed by atoms with van der Waals surface area (Å²) in [6, 6.07) is 12.3. The van der Waals surface area contributed by atoms with E-state index in [-0.39, 0.29) is 17.9 Å². The van der Waals surface area contributed by atoms with Crippen molar-refractivity contribution < 1.29 is 27.6 Å². The molecule has 0 aliphatic carbocycles. The Kier molecular flexibility index (Phi) is 8.51. The van der Waals surface area contributed by atoms with Gasteiger partial charge in [0, 0.05) is 6.42 Å². The van der Waals surface area contributed by atoms with E-state index in [4.69, 9.17) is 9.29 Å². The molecule has 2 rings (SSSR count). The molecule has 0 amide bonds. The van der Waals surface area contributed by atoms with Crippen molar-refractivity contribution >= 4 is 16.1 Å². The molecule has 29 heavy (non-hydrogen) atoms. The Morgan fingerprint density at radius 1 is 0.966 bits per heavy atom. The second kappa shape index (κ2) is 10.9. The fourth-order valence-corrected chi connectivity index (χ4v) is 4.06. The van der Waals surface area contributed by atoms with E-state index in [9.17, 15) is 18.3 Å². The third kappa shape index (κ3) is 8.15. The van der Waals surface area contributed by atoms with Gasteiger partial charge in [-0.05, 0) is 67.0 Å². The summed E-state index contributed by atoms with van der Waals surface area (Å²) in [6.45, 7) is 1.93. The molecular formula is C22H28O6S. The number of hydrogen-bond acceptors (Lipinski definition) is 5. The summed E-state index contributed by atoms with van der Waals surface area (Å²) in [7, 11) is -3.54. The van der Waals surface area contributed by atoms with Crippen molar-refractivity contribution in [1.82, 2.24) is 0 Å². The number of carbonyl (C=O) groups is 1. The van der Waals surface area contributed by atoms with Crippen LogP contribution < -0.4 is 4.18 Å². The Balaban J connectivity index is 1.84. The van der Waals surface area contributed by atoms with Crippen molar-refractivity contribution in [1.29, 1.82) is 0 Å². The summed E-state index contributed by atoms with van der Waals surface area (Å²) < 4.78 is 28.8. The minimum Gasteiger partial charge on any atom is -0.508 e. The van der Waals surface area contributed by atoms with E-state index < -0.39 is 16.1 Å². The molecule has 6 nitrogen and oxygen atoms in total. The maximum atomic E-state index is 11.8. The predicted molar refractivity (Wildman–Crippen MR) is 112 cm³/mol. The van der Waals surface area contributed by atoms with Gasteiger partial charge < -0.3 is 14.4 Å². The standard InChI is InChI=1S/C22H28O6S/c1-2-3-15-29(26,27)28-20-12-8-17(9-13-20)5-4-6-19-11-7-18(16-21(19)23)10-14-22(24)25/h7-9,11-13,16,23H,2-6,10,14-15H2,1H3,(H,24,25). The van der Waals surface area contributed by atoms with Crippen molar-refractivity contribution in [2.45, 2.75) is 51.9 Å². The highest BCUT2D eigenvalue weighted by Gasteiger charge is 2.12. The van der Waals surface area contributed by atoms with E-state index in [0.29, 0.717) is 25.0 Å². The predicted octanol–water partition coefficient (Wildman–Crippen LogP) is 4.09. The largest absolute Gasteiger partial charge is 0.508 e. The van der Waals surface area contributed by atoms with Crippen molar-refractivity contribution in [2.24, 2.45) is 0 Å². The van der Waals surface area contributed by atoms with Crippen LogP contribution in [0.2, 0.25) is 0 Å². The molecule has 0 aromatic heterocycles. The van der Waals surface area contributed by atoms with Crippen molar-refractivity contribution in [3.63, 3.8) is 0 Å². The number of rotatable bonds is 12. The van der Waals surface area contributed by atoms with Crippen LogP contribution in [-0.4, -0.2) is 30.4 Å². The maximum Gasteiger partial charge on any atom is 0.309 e. The lowest BCUT2D eigenvalue weighted by atomic mass is 10.0. The van der Waals surface area contributed by atoms with Crippen LogP contribution in [0.15, 0.2) is 42.5 Å². The van der Waals surface area contributed by atoms with Gasteiger partial charge in [0.05, 0.1) is 5.75 Å². The normalized spacial score (nSPS) is 11.3. The Hall–Kier alpha value is -2.54. The molecule has 0 atom stereocenters. The van der Waals surface area contributed by atoms with Crippen molar-refractivity contribution in [3.8, 4) is 11.5 Å². The van der Waals surface area contributed by atoms with Crippen LogP contribution in [0.25, 0.3) is 0 Å². The molecule has 0 radical (unpaired) electrons. The molecule has 0 spiro atoms. The molecule has 0 aliphatic heterocycles. The zero-order valence-corrected chi connectivity index (χ0v) is 17.5. The van der Waals surface area contributed by atoms with Crippen LogP contribution in [0.5, 0.6) is 11.5 Å². The monoisotopic (exact) mass is 420 g/mol. The zero-order valence-electron chi connectivity index (χ0n) is 16.6. The van der Waals surface area contributed by atoms with Crippen molar-refractivity contribution in [2.75, 3.05) is 5.75 Å². The van der Waals surface area contributed by atoms with Gasteiger partial charge in [-0.2, -0.15) is 8.42 Å². The van der Waals surface area contributed by atoms with Gasteiger partial charge in [-0.3, -0.25) is 4.79 Å². The van der Waals surface area contributed by atoms with Gasteiger partial charge >= 0.3 is 16.1 Å². The Labute approximate surface area is 172 Å². The highest BCUT2D eigenvalue weighted by atomic mass is 32.2. The number of carboxylic acid groups (broad SMARTS) is 1. The van der Waals surface area contributed by atoms with Gasteiger partial charge in [0.15, 0.2) is 0 Å². The van der Waals surface area contributed by atoms with E-state index in [0.717, 1.165) is 36.0 Å². The minimum absolute atomic E-state index is 0.0177. The topological polar surface area (TPSA) is 101 Å². The first-order valence-electron chi connectivity index (χ1n) is 9.82. The Morgan fingerprint density at radius 3 is 2.28 bits per heavy atom. The lowest BCUT2D eigenvalue weighted by Gasteiger charge is -2.09. The molecule has 0 bridgehead atoms. The van der Waals surface area contributed by atoms with Gasteiger partial charge in [0.25, 0.3) is 0 Å². The number of aliphatic carboxylic acids is 1. The molecule has 2 aromatic rings. The maximum absolute atomic E-state index is 11.8. The van der Waals surface area contributed by atoms with Gasteiger partial charge in [-0.25, -0.2) is 0 Å². The van der Waals surface area contributed by atoms with Crippen LogP contribution >= 0.6 is 0 Å². The van der Waals surface area contributed by atoms with Gasteiger partial charge in [0.1, 0.15) is 11.5 Å². The number of benzene rings is 2. The molecule has 0 saturated heterocycles. The summed E-state index contributed by atoms with van der Waals surface area (Å²) in [5.41, 5.74) is 2.69. The first-order valence-corrected chi connectivity index (χ1v) is 11.4. The lowest BCUT2D eigenvalue weighted by Crippen LogP contribution is -2.13. The summed E-state index contributed by atoms with van der Waals surface area (Å²) in [5.74, 6) is -0.332. The van der Waals surface area contributed by atoms with Gasteiger partial charge in [0.2, 0.25) is 0 Å². The molecule has 7 heteroatoms. The molecule has 0 aliphatic rings. The molecular weight excluding hydrogens is 392 g/mol. The summed E-state index contributed by atoms with van der Waals surface area (Å²) in [6.07, 6.45) is 4.09. The molecule has 0 unspecified atom stereocenters. The first kappa shape index (κ1) is 22.7.